The minimum Gasteiger partial charge on any atom is -0.366 e. The Labute approximate surface area is 93.9 Å². The number of hydrogen-bond acceptors (Lipinski definition) is 5. The number of carbonyl (C=O) groups excluding carboxylic acids is 1. The standard InChI is InChI=1S/C9H17N5O2/c1-6(8-11-13-14-12-8)10-7(15)5-16-9(2,3)4/h6H,5H2,1-4H3,(H,10,15)(H,11,12,13,14). The molecule has 1 atom stereocenters. The van der Waals surface area contributed by atoms with Crippen LogP contribution in [0.15, 0.2) is 0 Å². The molecule has 0 bridgehead atoms. The summed E-state index contributed by atoms with van der Waals surface area (Å²) in [6, 6.07) is -0.283. The van der Waals surface area contributed by atoms with Crippen LogP contribution in [0.25, 0.3) is 0 Å². The van der Waals surface area contributed by atoms with Crippen LogP contribution in [-0.4, -0.2) is 38.7 Å². The van der Waals surface area contributed by atoms with Crippen molar-refractivity contribution in [2.75, 3.05) is 6.61 Å². The maximum absolute atomic E-state index is 11.5. The summed E-state index contributed by atoms with van der Waals surface area (Å²) in [5.74, 6) is 0.247. The van der Waals surface area contributed by atoms with Crippen LogP contribution in [0.2, 0.25) is 0 Å². The molecule has 90 valence electrons. The van der Waals surface area contributed by atoms with Crippen LogP contribution >= 0.6 is 0 Å². The smallest absolute Gasteiger partial charge is 0.246 e. The molecule has 7 nitrogen and oxygen atoms in total. The number of carbonyl (C=O) groups is 1. The number of rotatable bonds is 4. The van der Waals surface area contributed by atoms with E-state index in [9.17, 15) is 4.79 Å². The maximum atomic E-state index is 11.5. The minimum absolute atomic E-state index is 0.0195. The Bertz CT molecular complexity index is 330. The van der Waals surface area contributed by atoms with Gasteiger partial charge in [-0.05, 0) is 27.7 Å². The van der Waals surface area contributed by atoms with Gasteiger partial charge in [-0.25, -0.2) is 0 Å². The van der Waals surface area contributed by atoms with Crippen molar-refractivity contribution in [3.05, 3.63) is 5.82 Å². The van der Waals surface area contributed by atoms with Crippen LogP contribution in [0.5, 0.6) is 0 Å². The molecule has 0 saturated heterocycles. The highest BCUT2D eigenvalue weighted by molar-refractivity contribution is 5.77. The average Bonchev–Trinajstić information content (AvgIpc) is 2.66. The Kier molecular flexibility index (Phi) is 3.94. The predicted octanol–water partition coefficient (Wildman–Crippen LogP) is 0.192. The summed E-state index contributed by atoms with van der Waals surface area (Å²) in [5, 5.41) is 16.0. The molecule has 1 amide bonds. The highest BCUT2D eigenvalue weighted by atomic mass is 16.5. The normalized spacial score (nSPS) is 13.5. The van der Waals surface area contributed by atoms with Gasteiger partial charge in [0.15, 0.2) is 5.82 Å². The van der Waals surface area contributed by atoms with Gasteiger partial charge in [-0.2, -0.15) is 5.21 Å². The predicted molar refractivity (Wildman–Crippen MR) is 56.4 cm³/mol. The van der Waals surface area contributed by atoms with E-state index in [2.05, 4.69) is 25.9 Å². The number of H-pyrrole nitrogens is 1. The summed E-state index contributed by atoms with van der Waals surface area (Å²) in [4.78, 5) is 11.5. The van der Waals surface area contributed by atoms with Gasteiger partial charge in [-0.15, -0.1) is 10.2 Å². The fourth-order valence-corrected chi connectivity index (χ4v) is 0.983. The highest BCUT2D eigenvalue weighted by Gasteiger charge is 2.16. The molecule has 16 heavy (non-hydrogen) atoms. The van der Waals surface area contributed by atoms with Crippen molar-refractivity contribution in [3.8, 4) is 0 Å². The molecule has 0 aromatic carbocycles. The third kappa shape index (κ3) is 4.35. The van der Waals surface area contributed by atoms with Gasteiger partial charge in [-0.3, -0.25) is 4.79 Å². The molecule has 1 unspecified atom stereocenters. The van der Waals surface area contributed by atoms with Gasteiger partial charge >= 0.3 is 0 Å². The van der Waals surface area contributed by atoms with E-state index >= 15 is 0 Å². The maximum Gasteiger partial charge on any atom is 0.246 e. The summed E-state index contributed by atoms with van der Waals surface area (Å²) < 4.78 is 5.33. The molecule has 1 heterocycles. The summed E-state index contributed by atoms with van der Waals surface area (Å²) in [6.07, 6.45) is 0. The lowest BCUT2D eigenvalue weighted by molar-refractivity contribution is -0.131. The van der Waals surface area contributed by atoms with Crippen molar-refractivity contribution < 1.29 is 9.53 Å². The molecule has 1 rings (SSSR count). The zero-order valence-corrected chi connectivity index (χ0v) is 9.94. The Morgan fingerprint density at radius 3 is 2.75 bits per heavy atom. The summed E-state index contributed by atoms with van der Waals surface area (Å²) in [5.41, 5.74) is -0.327. The van der Waals surface area contributed by atoms with Crippen molar-refractivity contribution in [3.63, 3.8) is 0 Å². The topological polar surface area (TPSA) is 92.8 Å². The summed E-state index contributed by atoms with van der Waals surface area (Å²) >= 11 is 0. The van der Waals surface area contributed by atoms with E-state index in [1.54, 1.807) is 6.92 Å². The second kappa shape index (κ2) is 5.02. The van der Waals surface area contributed by atoms with Gasteiger partial charge in [-0.1, -0.05) is 5.21 Å². The highest BCUT2D eigenvalue weighted by Crippen LogP contribution is 2.07. The lowest BCUT2D eigenvalue weighted by atomic mass is 10.2. The lowest BCUT2D eigenvalue weighted by Gasteiger charge is -2.19. The van der Waals surface area contributed by atoms with Crippen LogP contribution in [0, 0.1) is 0 Å². The number of aromatic amines is 1. The summed E-state index contributed by atoms with van der Waals surface area (Å²) in [7, 11) is 0. The number of hydrogen-bond donors (Lipinski definition) is 2. The van der Waals surface area contributed by atoms with E-state index < -0.39 is 0 Å². The minimum atomic E-state index is -0.327. The van der Waals surface area contributed by atoms with Crippen molar-refractivity contribution in [2.24, 2.45) is 0 Å². The third-order valence-electron chi connectivity index (χ3n) is 1.76. The number of tetrazole rings is 1. The molecule has 0 fully saturated rings. The molecule has 0 aliphatic rings. The zero-order valence-electron chi connectivity index (χ0n) is 9.94. The number of amides is 1. The SMILES string of the molecule is CC(NC(=O)COC(C)(C)C)c1nn[nH]n1. The van der Waals surface area contributed by atoms with E-state index in [4.69, 9.17) is 4.74 Å². The first-order valence-electron chi connectivity index (χ1n) is 5.05. The second-order valence-corrected chi connectivity index (χ2v) is 4.46. The molecule has 2 N–H and O–H groups in total. The first-order valence-corrected chi connectivity index (χ1v) is 5.05. The number of ether oxygens (including phenoxy) is 1. The molecule has 7 heteroatoms. The Balaban J connectivity index is 2.35. The van der Waals surface area contributed by atoms with Gasteiger partial charge in [0, 0.05) is 0 Å². The molecule has 0 aliphatic heterocycles. The molecule has 1 aromatic rings. The number of nitrogens with one attached hydrogen (secondary N) is 2. The van der Waals surface area contributed by atoms with Crippen LogP contribution in [0.4, 0.5) is 0 Å². The van der Waals surface area contributed by atoms with Crippen LogP contribution in [0.3, 0.4) is 0 Å². The fraction of sp³-hybridized carbons (Fsp3) is 0.778. The molecular weight excluding hydrogens is 210 g/mol. The Hall–Kier alpha value is -1.50. The molecule has 1 aromatic heterocycles. The van der Waals surface area contributed by atoms with Gasteiger partial charge in [0.2, 0.25) is 5.91 Å². The monoisotopic (exact) mass is 227 g/mol. The molecule has 0 radical (unpaired) electrons. The number of aromatic nitrogens is 4. The van der Waals surface area contributed by atoms with Crippen molar-refractivity contribution in [1.82, 2.24) is 25.9 Å². The van der Waals surface area contributed by atoms with Gasteiger partial charge in [0.1, 0.15) is 6.61 Å². The Morgan fingerprint density at radius 1 is 1.56 bits per heavy atom. The average molecular weight is 227 g/mol. The second-order valence-electron chi connectivity index (χ2n) is 4.46. The van der Waals surface area contributed by atoms with Gasteiger partial charge in [0.25, 0.3) is 0 Å². The van der Waals surface area contributed by atoms with Crippen molar-refractivity contribution in [2.45, 2.75) is 39.3 Å². The van der Waals surface area contributed by atoms with E-state index in [1.165, 1.54) is 0 Å². The van der Waals surface area contributed by atoms with E-state index in [0.29, 0.717) is 5.82 Å². The van der Waals surface area contributed by atoms with Crippen LogP contribution < -0.4 is 5.32 Å². The summed E-state index contributed by atoms with van der Waals surface area (Å²) in [6.45, 7) is 7.47. The van der Waals surface area contributed by atoms with Crippen molar-refractivity contribution >= 4 is 5.91 Å². The lowest BCUT2D eigenvalue weighted by Crippen LogP contribution is -2.34. The van der Waals surface area contributed by atoms with Crippen molar-refractivity contribution in [1.29, 1.82) is 0 Å². The van der Waals surface area contributed by atoms with E-state index in [-0.39, 0.29) is 24.2 Å². The molecule has 0 saturated carbocycles. The first-order chi connectivity index (χ1) is 7.38. The first kappa shape index (κ1) is 12.6. The van der Waals surface area contributed by atoms with E-state index in [0.717, 1.165) is 0 Å². The Morgan fingerprint density at radius 2 is 2.25 bits per heavy atom. The zero-order chi connectivity index (χ0) is 12.2. The van der Waals surface area contributed by atoms with Gasteiger partial charge < -0.3 is 10.1 Å². The molecule has 0 spiro atoms. The van der Waals surface area contributed by atoms with Gasteiger partial charge in [0.05, 0.1) is 11.6 Å². The molecule has 0 aliphatic carbocycles. The fourth-order valence-electron chi connectivity index (χ4n) is 0.983. The number of nitrogens with zero attached hydrogens (tertiary/aromatic N) is 3. The third-order valence-corrected chi connectivity index (χ3v) is 1.76. The molecular formula is C9H17N5O2. The van der Waals surface area contributed by atoms with Crippen LogP contribution in [-0.2, 0) is 9.53 Å². The van der Waals surface area contributed by atoms with E-state index in [1.807, 2.05) is 20.8 Å². The largest absolute Gasteiger partial charge is 0.366 e. The van der Waals surface area contributed by atoms with Crippen LogP contribution in [0.1, 0.15) is 39.6 Å². The quantitative estimate of drug-likeness (QED) is 0.766.